The molecule has 4 aromatic rings. The smallest absolute Gasteiger partial charge is 0.271 e. The first-order chi connectivity index (χ1) is 18.1. The monoisotopic (exact) mass is 494 g/mol. The topological polar surface area (TPSA) is 69.2 Å². The Morgan fingerprint density at radius 3 is 2.24 bits per heavy atom. The third kappa shape index (κ3) is 7.45. The number of hydrazone groups is 1. The van der Waals surface area contributed by atoms with Crippen LogP contribution in [0.4, 0.5) is 0 Å². The number of hydrogen-bond donors (Lipinski definition) is 1. The first kappa shape index (κ1) is 25.5. The fraction of sp³-hybridized carbons (Fsp3) is 0.161. The lowest BCUT2D eigenvalue weighted by Crippen LogP contribution is -2.17. The van der Waals surface area contributed by atoms with Crippen molar-refractivity contribution in [3.63, 3.8) is 0 Å². The predicted octanol–water partition coefficient (Wildman–Crippen LogP) is 6.32. The van der Waals surface area contributed by atoms with Gasteiger partial charge < -0.3 is 14.2 Å². The average Bonchev–Trinajstić information content (AvgIpc) is 2.93. The van der Waals surface area contributed by atoms with Crippen LogP contribution < -0.4 is 19.6 Å². The molecule has 0 fully saturated rings. The van der Waals surface area contributed by atoms with E-state index in [0.29, 0.717) is 42.6 Å². The molecule has 0 heterocycles. The van der Waals surface area contributed by atoms with Gasteiger partial charge in [-0.1, -0.05) is 66.2 Å². The summed E-state index contributed by atoms with van der Waals surface area (Å²) in [7, 11) is 0. The van der Waals surface area contributed by atoms with E-state index in [9.17, 15) is 4.79 Å². The molecular weight excluding hydrogens is 464 g/mol. The van der Waals surface area contributed by atoms with Crippen molar-refractivity contribution in [3.8, 4) is 17.2 Å². The molecule has 6 heteroatoms. The number of amides is 1. The summed E-state index contributed by atoms with van der Waals surface area (Å²) in [6, 6.07) is 30.7. The van der Waals surface area contributed by atoms with Crippen LogP contribution in [0.3, 0.4) is 0 Å². The second-order valence-corrected chi connectivity index (χ2v) is 8.38. The summed E-state index contributed by atoms with van der Waals surface area (Å²) in [5.41, 5.74) is 6.98. The van der Waals surface area contributed by atoms with Crippen LogP contribution in [-0.2, 0) is 13.2 Å². The molecule has 1 N–H and O–H groups in total. The van der Waals surface area contributed by atoms with Crippen LogP contribution in [0.2, 0.25) is 0 Å². The van der Waals surface area contributed by atoms with Crippen LogP contribution in [-0.4, -0.2) is 18.7 Å². The Morgan fingerprint density at radius 2 is 1.46 bits per heavy atom. The van der Waals surface area contributed by atoms with E-state index in [1.54, 1.807) is 18.3 Å². The predicted molar refractivity (Wildman–Crippen MR) is 145 cm³/mol. The Labute approximate surface area is 217 Å². The molecule has 0 aliphatic carbocycles. The number of nitrogens with zero attached hydrogens (tertiary/aromatic N) is 1. The van der Waals surface area contributed by atoms with Gasteiger partial charge in [-0.15, -0.1) is 0 Å². The molecule has 0 spiro atoms. The van der Waals surface area contributed by atoms with Gasteiger partial charge in [0.25, 0.3) is 5.91 Å². The molecule has 0 atom stereocenters. The molecule has 1 amide bonds. The SMILES string of the molecule is CCOc1cc(COc2ccccc2C=NNC(=O)c2ccc(C)cc2)ccc1OCc1ccccc1. The van der Waals surface area contributed by atoms with E-state index in [0.717, 1.165) is 22.3 Å². The van der Waals surface area contributed by atoms with E-state index >= 15 is 0 Å². The zero-order chi connectivity index (χ0) is 25.9. The number of benzene rings is 4. The summed E-state index contributed by atoms with van der Waals surface area (Å²) in [6.07, 6.45) is 1.58. The summed E-state index contributed by atoms with van der Waals surface area (Å²) in [4.78, 5) is 12.3. The lowest BCUT2D eigenvalue weighted by molar-refractivity contribution is 0.0955. The van der Waals surface area contributed by atoms with Crippen LogP contribution in [0.5, 0.6) is 17.2 Å². The van der Waals surface area contributed by atoms with Crippen molar-refractivity contribution in [2.45, 2.75) is 27.1 Å². The number of rotatable bonds is 11. The van der Waals surface area contributed by atoms with Gasteiger partial charge in [0.1, 0.15) is 19.0 Å². The van der Waals surface area contributed by atoms with Gasteiger partial charge in [0.2, 0.25) is 0 Å². The minimum absolute atomic E-state index is 0.271. The van der Waals surface area contributed by atoms with Gasteiger partial charge in [0.15, 0.2) is 11.5 Å². The van der Waals surface area contributed by atoms with E-state index in [1.807, 2.05) is 98.8 Å². The number of aryl methyl sites for hydroxylation is 1. The Morgan fingerprint density at radius 1 is 0.757 bits per heavy atom. The Bertz CT molecular complexity index is 1340. The molecule has 0 aliphatic rings. The normalized spacial score (nSPS) is 10.8. The van der Waals surface area contributed by atoms with Crippen LogP contribution in [0.25, 0.3) is 0 Å². The number of carbonyl (C=O) groups is 1. The van der Waals surface area contributed by atoms with Gasteiger partial charge in [0.05, 0.1) is 12.8 Å². The van der Waals surface area contributed by atoms with E-state index < -0.39 is 0 Å². The van der Waals surface area contributed by atoms with Gasteiger partial charge in [-0.3, -0.25) is 4.79 Å². The van der Waals surface area contributed by atoms with Crippen LogP contribution in [0.1, 0.15) is 39.5 Å². The van der Waals surface area contributed by atoms with Crippen molar-refractivity contribution in [3.05, 3.63) is 125 Å². The lowest BCUT2D eigenvalue weighted by Gasteiger charge is -2.14. The van der Waals surface area contributed by atoms with E-state index in [1.165, 1.54) is 0 Å². The van der Waals surface area contributed by atoms with Crippen molar-refractivity contribution in [2.75, 3.05) is 6.61 Å². The second kappa shape index (κ2) is 12.9. The van der Waals surface area contributed by atoms with Crippen molar-refractivity contribution in [1.29, 1.82) is 0 Å². The molecule has 6 nitrogen and oxygen atoms in total. The third-order valence-electron chi connectivity index (χ3n) is 5.54. The molecule has 0 saturated carbocycles. The van der Waals surface area contributed by atoms with Crippen molar-refractivity contribution in [1.82, 2.24) is 5.43 Å². The molecule has 0 saturated heterocycles. The van der Waals surface area contributed by atoms with Crippen molar-refractivity contribution >= 4 is 12.1 Å². The molecule has 4 aromatic carbocycles. The summed E-state index contributed by atoms with van der Waals surface area (Å²) in [5.74, 6) is 1.74. The standard InChI is InChI=1S/C31H30N2O4/c1-3-35-30-19-25(15-18-29(30)37-21-24-9-5-4-6-10-24)22-36-28-12-8-7-11-27(28)20-32-33-31(34)26-16-13-23(2)14-17-26/h4-20H,3,21-22H2,1-2H3,(H,33,34). The Balaban J connectivity index is 1.38. The molecule has 4 rings (SSSR count). The molecule has 0 bridgehead atoms. The molecule has 0 aromatic heterocycles. The maximum atomic E-state index is 12.3. The van der Waals surface area contributed by atoms with E-state index in [4.69, 9.17) is 14.2 Å². The van der Waals surface area contributed by atoms with Crippen LogP contribution >= 0.6 is 0 Å². The second-order valence-electron chi connectivity index (χ2n) is 8.38. The lowest BCUT2D eigenvalue weighted by atomic mass is 10.1. The van der Waals surface area contributed by atoms with E-state index in [2.05, 4.69) is 10.5 Å². The van der Waals surface area contributed by atoms with Crippen LogP contribution in [0, 0.1) is 6.92 Å². The summed E-state index contributed by atoms with van der Waals surface area (Å²) in [5, 5.41) is 4.11. The fourth-order valence-corrected chi connectivity index (χ4v) is 3.57. The number of nitrogens with one attached hydrogen (secondary N) is 1. The fourth-order valence-electron chi connectivity index (χ4n) is 3.57. The molecule has 188 valence electrons. The van der Waals surface area contributed by atoms with Gasteiger partial charge in [-0.05, 0) is 61.4 Å². The molecule has 37 heavy (non-hydrogen) atoms. The summed E-state index contributed by atoms with van der Waals surface area (Å²) in [6.45, 7) is 5.24. The first-order valence-electron chi connectivity index (χ1n) is 12.2. The molecule has 0 radical (unpaired) electrons. The zero-order valence-corrected chi connectivity index (χ0v) is 21.0. The third-order valence-corrected chi connectivity index (χ3v) is 5.54. The highest BCUT2D eigenvalue weighted by atomic mass is 16.5. The van der Waals surface area contributed by atoms with Crippen molar-refractivity contribution < 1.29 is 19.0 Å². The highest BCUT2D eigenvalue weighted by Gasteiger charge is 2.09. The minimum Gasteiger partial charge on any atom is -0.490 e. The van der Waals surface area contributed by atoms with Gasteiger partial charge >= 0.3 is 0 Å². The molecule has 0 unspecified atom stereocenters. The summed E-state index contributed by atoms with van der Waals surface area (Å²) >= 11 is 0. The number of hydrogen-bond acceptors (Lipinski definition) is 5. The quantitative estimate of drug-likeness (QED) is 0.196. The number of para-hydroxylation sites is 1. The molecule has 0 aliphatic heterocycles. The number of ether oxygens (including phenoxy) is 3. The zero-order valence-electron chi connectivity index (χ0n) is 21.0. The largest absolute Gasteiger partial charge is 0.490 e. The van der Waals surface area contributed by atoms with Crippen LogP contribution in [0.15, 0.2) is 102 Å². The van der Waals surface area contributed by atoms with Crippen molar-refractivity contribution in [2.24, 2.45) is 5.10 Å². The number of carbonyl (C=O) groups excluding carboxylic acids is 1. The Kier molecular flexibility index (Phi) is 8.92. The summed E-state index contributed by atoms with van der Waals surface area (Å²) < 4.78 is 17.9. The minimum atomic E-state index is -0.271. The first-order valence-corrected chi connectivity index (χ1v) is 12.2. The van der Waals surface area contributed by atoms with Gasteiger partial charge in [-0.2, -0.15) is 5.10 Å². The molecular formula is C31H30N2O4. The van der Waals surface area contributed by atoms with Gasteiger partial charge in [0, 0.05) is 11.1 Å². The Hall–Kier alpha value is -4.58. The highest BCUT2D eigenvalue weighted by molar-refractivity contribution is 5.95. The maximum Gasteiger partial charge on any atom is 0.271 e. The van der Waals surface area contributed by atoms with Gasteiger partial charge in [-0.25, -0.2) is 5.43 Å². The average molecular weight is 495 g/mol. The maximum absolute atomic E-state index is 12.3. The van der Waals surface area contributed by atoms with E-state index in [-0.39, 0.29) is 5.91 Å². The highest BCUT2D eigenvalue weighted by Crippen LogP contribution is 2.30.